The highest BCUT2D eigenvalue weighted by atomic mass is 16.5. The zero-order valence-electron chi connectivity index (χ0n) is 10.2. The van der Waals surface area contributed by atoms with Crippen LogP contribution in [-0.4, -0.2) is 70.8 Å². The number of hydrogen-bond acceptors (Lipinski definition) is 6. The molecule has 0 radical (unpaired) electrons. The summed E-state index contributed by atoms with van der Waals surface area (Å²) in [6, 6.07) is 0.0872. The van der Waals surface area contributed by atoms with Crippen LogP contribution in [0.15, 0.2) is 4.99 Å². The van der Waals surface area contributed by atoms with Crippen molar-refractivity contribution in [1.29, 1.82) is 0 Å². The molecule has 0 spiro atoms. The molecule has 0 unspecified atom stereocenters. The molecule has 1 heterocycles. The summed E-state index contributed by atoms with van der Waals surface area (Å²) >= 11 is 0. The molecule has 0 amide bonds. The number of aliphatic hydroxyl groups is 3. The molecule has 0 saturated heterocycles. The maximum Gasteiger partial charge on any atom is 0.287 e. The van der Waals surface area contributed by atoms with Crippen LogP contribution >= 0.6 is 0 Å². The molecule has 0 aromatic carbocycles. The number of aliphatic hydroxyl groups excluding tert-OH is 3. The van der Waals surface area contributed by atoms with Gasteiger partial charge in [0.15, 0.2) is 0 Å². The van der Waals surface area contributed by atoms with Crippen LogP contribution in [0.1, 0.15) is 13.3 Å². The molecule has 2 rings (SSSR count). The standard InChI is InChI=1S/C11H20N2O4/c1-3-13(2)11-12-8-7(17-11)4-6(5-14)9(15)10(8)16/h6-10,14-16H,3-5H2,1-2H3/t6-,7-,8-,9-,10-/m1/s1. The minimum atomic E-state index is -0.964. The Labute approximate surface area is 101 Å². The van der Waals surface area contributed by atoms with Crippen LogP contribution in [0.25, 0.3) is 0 Å². The van der Waals surface area contributed by atoms with E-state index in [2.05, 4.69) is 4.99 Å². The van der Waals surface area contributed by atoms with Gasteiger partial charge in [-0.25, -0.2) is 4.99 Å². The third-order valence-electron chi connectivity index (χ3n) is 3.65. The van der Waals surface area contributed by atoms with Crippen molar-refractivity contribution in [2.75, 3.05) is 20.2 Å². The first kappa shape index (κ1) is 12.6. The number of ether oxygens (including phenoxy) is 1. The summed E-state index contributed by atoms with van der Waals surface area (Å²) in [6.45, 7) is 2.60. The molecule has 1 saturated carbocycles. The minimum absolute atomic E-state index is 0.149. The molecule has 98 valence electrons. The highest BCUT2D eigenvalue weighted by molar-refractivity contribution is 5.75. The van der Waals surface area contributed by atoms with Crippen LogP contribution in [0.2, 0.25) is 0 Å². The molecule has 6 nitrogen and oxygen atoms in total. The number of fused-ring (bicyclic) bond motifs is 1. The number of rotatable bonds is 2. The van der Waals surface area contributed by atoms with Gasteiger partial charge in [0.2, 0.25) is 0 Å². The summed E-state index contributed by atoms with van der Waals surface area (Å²) in [4.78, 5) is 6.16. The predicted molar refractivity (Wildman–Crippen MR) is 61.6 cm³/mol. The van der Waals surface area contributed by atoms with E-state index in [0.29, 0.717) is 12.4 Å². The summed E-state index contributed by atoms with van der Waals surface area (Å²) in [5.41, 5.74) is 0. The molecule has 1 aliphatic heterocycles. The Morgan fingerprint density at radius 1 is 1.41 bits per heavy atom. The zero-order chi connectivity index (χ0) is 12.6. The van der Waals surface area contributed by atoms with E-state index in [4.69, 9.17) is 9.84 Å². The average molecular weight is 244 g/mol. The van der Waals surface area contributed by atoms with Gasteiger partial charge >= 0.3 is 0 Å². The summed E-state index contributed by atoms with van der Waals surface area (Å²) in [5, 5.41) is 28.9. The lowest BCUT2D eigenvalue weighted by molar-refractivity contribution is -0.0954. The molecule has 2 aliphatic rings. The molecule has 1 aliphatic carbocycles. The van der Waals surface area contributed by atoms with E-state index in [1.54, 1.807) is 0 Å². The van der Waals surface area contributed by atoms with Gasteiger partial charge in [-0.1, -0.05) is 0 Å². The van der Waals surface area contributed by atoms with E-state index in [1.165, 1.54) is 0 Å². The van der Waals surface area contributed by atoms with Crippen LogP contribution in [0, 0.1) is 5.92 Å². The molecular formula is C11H20N2O4. The lowest BCUT2D eigenvalue weighted by Gasteiger charge is -2.36. The fourth-order valence-electron chi connectivity index (χ4n) is 2.36. The molecule has 5 atom stereocenters. The minimum Gasteiger partial charge on any atom is -0.459 e. The van der Waals surface area contributed by atoms with Gasteiger partial charge in [0.05, 0.1) is 6.10 Å². The zero-order valence-corrected chi connectivity index (χ0v) is 10.2. The van der Waals surface area contributed by atoms with Crippen LogP contribution in [0.5, 0.6) is 0 Å². The van der Waals surface area contributed by atoms with Crippen molar-refractivity contribution in [3.8, 4) is 0 Å². The van der Waals surface area contributed by atoms with Crippen LogP contribution in [0.4, 0.5) is 0 Å². The Morgan fingerprint density at radius 3 is 2.71 bits per heavy atom. The van der Waals surface area contributed by atoms with Gasteiger partial charge in [-0.2, -0.15) is 0 Å². The van der Waals surface area contributed by atoms with Crippen LogP contribution in [0.3, 0.4) is 0 Å². The van der Waals surface area contributed by atoms with Crippen LogP contribution in [-0.2, 0) is 4.74 Å². The van der Waals surface area contributed by atoms with Gasteiger partial charge < -0.3 is 25.0 Å². The van der Waals surface area contributed by atoms with E-state index in [1.807, 2.05) is 18.9 Å². The number of aliphatic imine (C=N–C) groups is 1. The topological polar surface area (TPSA) is 85.5 Å². The molecule has 0 bridgehead atoms. The molecule has 6 heteroatoms. The van der Waals surface area contributed by atoms with Crippen LogP contribution < -0.4 is 0 Å². The maximum absolute atomic E-state index is 9.95. The van der Waals surface area contributed by atoms with E-state index in [0.717, 1.165) is 6.54 Å². The van der Waals surface area contributed by atoms with Crippen molar-refractivity contribution in [3.63, 3.8) is 0 Å². The molecule has 1 fully saturated rings. The third kappa shape index (κ3) is 2.12. The summed E-state index contributed by atoms with van der Waals surface area (Å²) in [6.07, 6.45) is -1.62. The second-order valence-corrected chi connectivity index (χ2v) is 4.73. The Bertz CT molecular complexity index is 310. The first-order valence-electron chi connectivity index (χ1n) is 6.01. The van der Waals surface area contributed by atoms with Gasteiger partial charge in [-0.3, -0.25) is 0 Å². The lowest BCUT2D eigenvalue weighted by Crippen LogP contribution is -2.52. The second-order valence-electron chi connectivity index (χ2n) is 4.73. The van der Waals surface area contributed by atoms with E-state index in [9.17, 15) is 10.2 Å². The van der Waals surface area contributed by atoms with E-state index >= 15 is 0 Å². The fraction of sp³-hybridized carbons (Fsp3) is 0.909. The highest BCUT2D eigenvalue weighted by Gasteiger charge is 2.48. The van der Waals surface area contributed by atoms with Gasteiger partial charge in [0, 0.05) is 26.1 Å². The predicted octanol–water partition coefficient (Wildman–Crippen LogP) is -1.20. The van der Waals surface area contributed by atoms with Crippen molar-refractivity contribution in [2.24, 2.45) is 10.9 Å². The fourth-order valence-corrected chi connectivity index (χ4v) is 2.36. The normalized spacial score (nSPS) is 40.5. The van der Waals surface area contributed by atoms with E-state index < -0.39 is 18.2 Å². The van der Waals surface area contributed by atoms with Crippen molar-refractivity contribution in [2.45, 2.75) is 37.7 Å². The van der Waals surface area contributed by atoms with Gasteiger partial charge in [-0.15, -0.1) is 0 Å². The maximum atomic E-state index is 9.95. The van der Waals surface area contributed by atoms with Crippen molar-refractivity contribution < 1.29 is 20.1 Å². The highest BCUT2D eigenvalue weighted by Crippen LogP contribution is 2.33. The molecule has 0 aromatic heterocycles. The SMILES string of the molecule is CCN(C)C1=N[C@H]2[C@@H](O)[C@H](O)[C@@H](CO)C[C@H]2O1. The van der Waals surface area contributed by atoms with Gasteiger partial charge in [0.25, 0.3) is 6.02 Å². The first-order chi connectivity index (χ1) is 8.08. The van der Waals surface area contributed by atoms with E-state index in [-0.39, 0.29) is 18.6 Å². The number of hydrogen-bond donors (Lipinski definition) is 3. The summed E-state index contributed by atoms with van der Waals surface area (Å²) in [5.74, 6) is -0.340. The Balaban J connectivity index is 2.12. The largest absolute Gasteiger partial charge is 0.459 e. The lowest BCUT2D eigenvalue weighted by atomic mass is 9.80. The van der Waals surface area contributed by atoms with Crippen molar-refractivity contribution >= 4 is 6.02 Å². The smallest absolute Gasteiger partial charge is 0.287 e. The first-order valence-corrected chi connectivity index (χ1v) is 6.01. The molecule has 3 N–H and O–H groups in total. The van der Waals surface area contributed by atoms with Crippen molar-refractivity contribution in [3.05, 3.63) is 0 Å². The second kappa shape index (κ2) is 4.80. The number of amidine groups is 1. The van der Waals surface area contributed by atoms with Gasteiger partial charge in [-0.05, 0) is 13.3 Å². The molecule has 17 heavy (non-hydrogen) atoms. The quantitative estimate of drug-likeness (QED) is 0.568. The average Bonchev–Trinajstić information content (AvgIpc) is 2.76. The Morgan fingerprint density at radius 2 is 2.12 bits per heavy atom. The number of nitrogens with zero attached hydrogens (tertiary/aromatic N) is 2. The molecular weight excluding hydrogens is 224 g/mol. The Hall–Kier alpha value is -0.850. The summed E-state index contributed by atoms with van der Waals surface area (Å²) in [7, 11) is 1.86. The summed E-state index contributed by atoms with van der Waals surface area (Å²) < 4.78 is 5.66. The monoisotopic (exact) mass is 244 g/mol. The Kier molecular flexibility index (Phi) is 3.56. The van der Waals surface area contributed by atoms with Crippen molar-refractivity contribution in [1.82, 2.24) is 4.90 Å². The van der Waals surface area contributed by atoms with Gasteiger partial charge in [0.1, 0.15) is 18.2 Å². The third-order valence-corrected chi connectivity index (χ3v) is 3.65. The molecule has 0 aromatic rings.